The first-order valence-corrected chi connectivity index (χ1v) is 8.17. The molecule has 2 N–H and O–H groups in total. The quantitative estimate of drug-likeness (QED) is 0.850. The van der Waals surface area contributed by atoms with E-state index in [1.54, 1.807) is 12.1 Å². The van der Waals surface area contributed by atoms with E-state index in [0.717, 1.165) is 32.2 Å². The maximum absolute atomic E-state index is 12.1. The topological polar surface area (TPSA) is 75.3 Å². The van der Waals surface area contributed by atoms with E-state index in [1.807, 2.05) is 0 Å². The van der Waals surface area contributed by atoms with Crippen molar-refractivity contribution in [3.05, 3.63) is 29.8 Å². The fourth-order valence-corrected chi connectivity index (χ4v) is 2.77. The van der Waals surface area contributed by atoms with Gasteiger partial charge in [-0.05, 0) is 44.1 Å². The number of carbonyl (C=O) groups excluding carboxylic acids is 1. The summed E-state index contributed by atoms with van der Waals surface area (Å²) in [5, 5.41) is 6.17. The van der Waals surface area contributed by atoms with Crippen LogP contribution in [0.2, 0.25) is 0 Å². The fourth-order valence-electron chi connectivity index (χ4n) is 2.10. The summed E-state index contributed by atoms with van der Waals surface area (Å²) in [6.07, 6.45) is 2.94. The van der Waals surface area contributed by atoms with E-state index in [9.17, 15) is 13.2 Å². The molecule has 104 valence electrons. The zero-order valence-electron chi connectivity index (χ0n) is 10.8. The van der Waals surface area contributed by atoms with E-state index in [1.165, 1.54) is 12.1 Å². The molecule has 1 fully saturated rings. The van der Waals surface area contributed by atoms with E-state index in [-0.39, 0.29) is 16.8 Å². The molecule has 1 amide bonds. The number of amides is 1. The summed E-state index contributed by atoms with van der Waals surface area (Å²) in [4.78, 5) is 12.2. The summed E-state index contributed by atoms with van der Waals surface area (Å²) in [6.45, 7) is 1.79. The molecule has 1 aliphatic rings. The molecule has 1 aromatic carbocycles. The summed E-state index contributed by atoms with van der Waals surface area (Å²) in [5.41, 5.74) is 0.390. The van der Waals surface area contributed by atoms with Crippen LogP contribution in [0.1, 0.15) is 23.2 Å². The molecule has 0 aromatic heterocycles. The molecule has 6 heteroatoms. The smallest absolute Gasteiger partial charge is 0.251 e. The largest absolute Gasteiger partial charge is 0.349 e. The van der Waals surface area contributed by atoms with E-state index in [0.29, 0.717) is 5.56 Å². The van der Waals surface area contributed by atoms with Gasteiger partial charge in [0.25, 0.3) is 5.91 Å². The van der Waals surface area contributed by atoms with Crippen LogP contribution in [0.5, 0.6) is 0 Å². The average Bonchev–Trinajstić information content (AvgIpc) is 2.39. The van der Waals surface area contributed by atoms with Crippen molar-refractivity contribution in [2.45, 2.75) is 23.8 Å². The molecule has 0 bridgehead atoms. The Kier molecular flexibility index (Phi) is 4.21. The fraction of sp³-hybridized carbons (Fsp3) is 0.462. The first-order chi connectivity index (χ1) is 8.97. The van der Waals surface area contributed by atoms with Crippen LogP contribution in [0.15, 0.2) is 29.2 Å². The first-order valence-electron chi connectivity index (χ1n) is 6.28. The third-order valence-corrected chi connectivity index (χ3v) is 4.31. The van der Waals surface area contributed by atoms with Gasteiger partial charge in [-0.3, -0.25) is 4.79 Å². The van der Waals surface area contributed by atoms with Crippen molar-refractivity contribution >= 4 is 15.7 Å². The van der Waals surface area contributed by atoms with E-state index >= 15 is 0 Å². The lowest BCUT2D eigenvalue weighted by Gasteiger charge is -2.23. The monoisotopic (exact) mass is 282 g/mol. The van der Waals surface area contributed by atoms with Crippen LogP contribution in [0.4, 0.5) is 0 Å². The molecule has 0 saturated carbocycles. The molecule has 1 saturated heterocycles. The van der Waals surface area contributed by atoms with Gasteiger partial charge in [0.05, 0.1) is 4.90 Å². The summed E-state index contributed by atoms with van der Waals surface area (Å²) >= 11 is 0. The highest BCUT2D eigenvalue weighted by Gasteiger charge is 2.17. The second-order valence-corrected chi connectivity index (χ2v) is 6.81. The SMILES string of the molecule is CS(=O)(=O)c1cccc(C(=O)NC2CCNCC2)c1. The normalized spacial score (nSPS) is 17.1. The van der Waals surface area contributed by atoms with Crippen molar-refractivity contribution in [3.8, 4) is 0 Å². The lowest BCUT2D eigenvalue weighted by atomic mass is 10.1. The number of sulfone groups is 1. The number of carbonyl (C=O) groups is 1. The van der Waals surface area contributed by atoms with Gasteiger partial charge in [0.15, 0.2) is 9.84 Å². The second kappa shape index (κ2) is 5.71. The zero-order chi connectivity index (χ0) is 13.9. The molecule has 1 aromatic rings. The van der Waals surface area contributed by atoms with Crippen molar-refractivity contribution < 1.29 is 13.2 Å². The molecule has 0 unspecified atom stereocenters. The van der Waals surface area contributed by atoms with Gasteiger partial charge in [0, 0.05) is 17.9 Å². The number of rotatable bonds is 3. The minimum atomic E-state index is -3.28. The van der Waals surface area contributed by atoms with Crippen molar-refractivity contribution in [2.75, 3.05) is 19.3 Å². The predicted molar refractivity (Wildman–Crippen MR) is 72.9 cm³/mol. The predicted octanol–water partition coefficient (Wildman–Crippen LogP) is 0.572. The second-order valence-electron chi connectivity index (χ2n) is 4.80. The first kappa shape index (κ1) is 14.0. The van der Waals surface area contributed by atoms with Gasteiger partial charge in [-0.15, -0.1) is 0 Å². The Bertz CT molecular complexity index is 563. The standard InChI is InChI=1S/C13H18N2O3S/c1-19(17,18)12-4-2-3-10(9-12)13(16)15-11-5-7-14-8-6-11/h2-4,9,11,14H,5-8H2,1H3,(H,15,16). The third-order valence-electron chi connectivity index (χ3n) is 3.20. The van der Waals surface area contributed by atoms with E-state index < -0.39 is 9.84 Å². The summed E-state index contributed by atoms with van der Waals surface area (Å²) in [6, 6.07) is 6.30. The van der Waals surface area contributed by atoms with Gasteiger partial charge in [0.1, 0.15) is 0 Å². The van der Waals surface area contributed by atoms with Crippen LogP contribution in [0.3, 0.4) is 0 Å². The molecule has 2 rings (SSSR count). The highest BCUT2D eigenvalue weighted by atomic mass is 32.2. The molecule has 19 heavy (non-hydrogen) atoms. The molecular formula is C13H18N2O3S. The molecule has 0 aliphatic carbocycles. The van der Waals surface area contributed by atoms with Gasteiger partial charge in [0.2, 0.25) is 0 Å². The van der Waals surface area contributed by atoms with Gasteiger partial charge < -0.3 is 10.6 Å². The summed E-state index contributed by atoms with van der Waals surface area (Å²) < 4.78 is 22.9. The van der Waals surface area contributed by atoms with Crippen LogP contribution >= 0.6 is 0 Å². The van der Waals surface area contributed by atoms with Gasteiger partial charge in [-0.2, -0.15) is 0 Å². The molecule has 5 nitrogen and oxygen atoms in total. The Balaban J connectivity index is 2.10. The van der Waals surface area contributed by atoms with Crippen LogP contribution < -0.4 is 10.6 Å². The third kappa shape index (κ3) is 3.78. The lowest BCUT2D eigenvalue weighted by molar-refractivity contribution is 0.0929. The number of hydrogen-bond donors (Lipinski definition) is 2. The van der Waals surface area contributed by atoms with Gasteiger partial charge in [-0.25, -0.2) is 8.42 Å². The molecule has 0 radical (unpaired) electrons. The minimum absolute atomic E-state index is 0.163. The van der Waals surface area contributed by atoms with Gasteiger partial charge >= 0.3 is 0 Å². The van der Waals surface area contributed by atoms with Crippen LogP contribution in [0.25, 0.3) is 0 Å². The Morgan fingerprint density at radius 1 is 1.32 bits per heavy atom. The zero-order valence-corrected chi connectivity index (χ0v) is 11.7. The molecule has 0 atom stereocenters. The Hall–Kier alpha value is -1.40. The maximum atomic E-state index is 12.1. The highest BCUT2D eigenvalue weighted by molar-refractivity contribution is 7.90. The Morgan fingerprint density at radius 3 is 2.63 bits per heavy atom. The number of nitrogens with one attached hydrogen (secondary N) is 2. The van der Waals surface area contributed by atoms with Crippen LogP contribution in [-0.4, -0.2) is 39.7 Å². The van der Waals surface area contributed by atoms with Gasteiger partial charge in [-0.1, -0.05) is 6.07 Å². The number of benzene rings is 1. The van der Waals surface area contributed by atoms with E-state index in [4.69, 9.17) is 0 Å². The molecule has 1 aliphatic heterocycles. The van der Waals surface area contributed by atoms with Crippen LogP contribution in [0, 0.1) is 0 Å². The average molecular weight is 282 g/mol. The molecule has 1 heterocycles. The summed E-state index contributed by atoms with van der Waals surface area (Å²) in [5.74, 6) is -0.211. The lowest BCUT2D eigenvalue weighted by Crippen LogP contribution is -2.42. The van der Waals surface area contributed by atoms with Crippen molar-refractivity contribution in [3.63, 3.8) is 0 Å². The van der Waals surface area contributed by atoms with Crippen LogP contribution in [-0.2, 0) is 9.84 Å². The number of piperidine rings is 1. The van der Waals surface area contributed by atoms with Crippen molar-refractivity contribution in [2.24, 2.45) is 0 Å². The van der Waals surface area contributed by atoms with E-state index in [2.05, 4.69) is 10.6 Å². The Morgan fingerprint density at radius 2 is 2.00 bits per heavy atom. The number of hydrogen-bond acceptors (Lipinski definition) is 4. The minimum Gasteiger partial charge on any atom is -0.349 e. The van der Waals surface area contributed by atoms with Crippen molar-refractivity contribution in [1.29, 1.82) is 0 Å². The summed E-state index contributed by atoms with van der Waals surface area (Å²) in [7, 11) is -3.28. The maximum Gasteiger partial charge on any atom is 0.251 e. The molecule has 0 spiro atoms. The highest BCUT2D eigenvalue weighted by Crippen LogP contribution is 2.12. The van der Waals surface area contributed by atoms with Crippen molar-refractivity contribution in [1.82, 2.24) is 10.6 Å². The Labute approximate surface area is 113 Å². The molecular weight excluding hydrogens is 264 g/mol.